The van der Waals surface area contributed by atoms with Crippen LogP contribution in [0, 0.1) is 20.8 Å². The Bertz CT molecular complexity index is 2590. The summed E-state index contributed by atoms with van der Waals surface area (Å²) in [6.07, 6.45) is 0. The van der Waals surface area contributed by atoms with Crippen molar-refractivity contribution in [2.24, 2.45) is 0 Å². The number of rotatable bonds is 12. The molecule has 9 rings (SSSR count). The zero-order valence-corrected chi connectivity index (χ0v) is 36.0. The molecule has 6 heteroatoms. The van der Waals surface area contributed by atoms with Crippen LogP contribution in [0.15, 0.2) is 237 Å². The second kappa shape index (κ2) is 22.4. The summed E-state index contributed by atoms with van der Waals surface area (Å²) in [6.45, 7) is 6.32. The van der Waals surface area contributed by atoms with Gasteiger partial charge in [0, 0.05) is 68.2 Å². The average molecular weight is 823 g/mol. The lowest BCUT2D eigenvalue weighted by Crippen LogP contribution is -1.95. The molecule has 9 aromatic carbocycles. The average Bonchev–Trinajstić information content (AvgIpc) is 3.32. The maximum Gasteiger partial charge on any atom is 0.0413 e. The molecule has 0 aliphatic rings. The maximum absolute atomic E-state index is 3.45. The molecule has 0 atom stereocenters. The quantitative estimate of drug-likeness (QED) is 0.0738. The van der Waals surface area contributed by atoms with Crippen LogP contribution in [-0.4, -0.2) is 0 Å². The van der Waals surface area contributed by atoms with E-state index in [0.717, 1.165) is 68.2 Å². The van der Waals surface area contributed by atoms with Crippen LogP contribution in [-0.2, 0) is 0 Å². The van der Waals surface area contributed by atoms with E-state index in [4.69, 9.17) is 0 Å². The van der Waals surface area contributed by atoms with E-state index in [9.17, 15) is 0 Å². The number of nitrogens with one attached hydrogen (secondary N) is 6. The van der Waals surface area contributed by atoms with Gasteiger partial charge in [0.05, 0.1) is 0 Å². The van der Waals surface area contributed by atoms with Crippen LogP contribution in [0.1, 0.15) is 16.7 Å². The Morgan fingerprint density at radius 1 is 0.175 bits per heavy atom. The molecule has 0 heterocycles. The monoisotopic (exact) mass is 822 g/mol. The van der Waals surface area contributed by atoms with Crippen molar-refractivity contribution in [3.63, 3.8) is 0 Å². The molecule has 0 bridgehead atoms. The fourth-order valence-electron chi connectivity index (χ4n) is 6.58. The minimum atomic E-state index is 1.08. The maximum atomic E-state index is 3.45. The molecule has 6 N–H and O–H groups in total. The molecule has 0 amide bonds. The molecule has 0 radical (unpaired) electrons. The molecule has 6 nitrogen and oxygen atoms in total. The Hall–Kier alpha value is -8.22. The second-order valence-electron chi connectivity index (χ2n) is 15.0. The smallest absolute Gasteiger partial charge is 0.0413 e. The third kappa shape index (κ3) is 13.6. The Morgan fingerprint density at radius 2 is 0.349 bits per heavy atom. The van der Waals surface area contributed by atoms with Gasteiger partial charge in [0.2, 0.25) is 0 Å². The van der Waals surface area contributed by atoms with Gasteiger partial charge in [-0.05, 0) is 165 Å². The van der Waals surface area contributed by atoms with Crippen molar-refractivity contribution in [1.29, 1.82) is 0 Å². The largest absolute Gasteiger partial charge is 0.356 e. The number of anilines is 12. The van der Waals surface area contributed by atoms with Gasteiger partial charge in [-0.25, -0.2) is 0 Å². The highest BCUT2D eigenvalue weighted by molar-refractivity contribution is 5.70. The third-order valence-electron chi connectivity index (χ3n) is 10.1. The highest BCUT2D eigenvalue weighted by atomic mass is 14.9. The first kappa shape index (κ1) is 42.9. The predicted octanol–water partition coefficient (Wildman–Crippen LogP) is 16.4. The van der Waals surface area contributed by atoms with Crippen LogP contribution in [0.25, 0.3) is 0 Å². The Labute approximate surface area is 372 Å². The van der Waals surface area contributed by atoms with Crippen molar-refractivity contribution in [1.82, 2.24) is 0 Å². The van der Waals surface area contributed by atoms with E-state index in [1.165, 1.54) is 16.7 Å². The summed E-state index contributed by atoms with van der Waals surface area (Å²) in [5, 5.41) is 20.4. The van der Waals surface area contributed by atoms with Crippen molar-refractivity contribution >= 4 is 68.2 Å². The van der Waals surface area contributed by atoms with Crippen molar-refractivity contribution in [2.75, 3.05) is 31.9 Å². The standard InChI is InChI=1S/C20H20N2.C19H18N2.C18H16N2/c1-15-7-3-5-9-19(15)21-17-11-13-18(14-12-17)22-20-10-6-4-8-16(20)2;1-15-7-5-6-10-19(15)21-18-13-11-17(12-14-18)20-16-8-3-2-4-9-16;1-3-7-15(8-4-1)19-17-11-13-18(14-12-17)20-16-9-5-2-6-10-16/h3-14,21-22H,1-2H3;2-14,20-21H,1H3;1-14,19-20H. The van der Waals surface area contributed by atoms with Gasteiger partial charge in [-0.2, -0.15) is 0 Å². The van der Waals surface area contributed by atoms with Crippen molar-refractivity contribution < 1.29 is 0 Å². The van der Waals surface area contributed by atoms with Crippen molar-refractivity contribution in [3.05, 3.63) is 253 Å². The second-order valence-corrected chi connectivity index (χ2v) is 15.0. The zero-order chi connectivity index (χ0) is 43.5. The SMILES string of the molecule is Cc1ccccc1Nc1ccc(Nc2ccccc2)cc1.Cc1ccccc1Nc1ccc(Nc2ccccc2C)cc1.c1ccc(Nc2ccc(Nc3ccccc3)cc2)cc1. The molecule has 0 saturated carbocycles. The third-order valence-corrected chi connectivity index (χ3v) is 10.1. The first-order chi connectivity index (χ1) is 30.9. The van der Waals surface area contributed by atoms with E-state index >= 15 is 0 Å². The molecular formula is C57H54N6. The number of benzene rings is 9. The molecular weight excluding hydrogens is 769 g/mol. The summed E-state index contributed by atoms with van der Waals surface area (Å²) in [5.41, 5.74) is 16.9. The van der Waals surface area contributed by atoms with Gasteiger partial charge in [0.15, 0.2) is 0 Å². The van der Waals surface area contributed by atoms with Crippen molar-refractivity contribution in [3.8, 4) is 0 Å². The zero-order valence-electron chi connectivity index (χ0n) is 36.0. The van der Waals surface area contributed by atoms with Gasteiger partial charge in [-0.15, -0.1) is 0 Å². The summed E-state index contributed by atoms with van der Waals surface area (Å²) in [6, 6.07) is 80.3. The molecule has 0 fully saturated rings. The summed E-state index contributed by atoms with van der Waals surface area (Å²) < 4.78 is 0. The minimum Gasteiger partial charge on any atom is -0.356 e. The van der Waals surface area contributed by atoms with E-state index in [0.29, 0.717) is 0 Å². The van der Waals surface area contributed by atoms with E-state index in [1.807, 2.05) is 78.9 Å². The van der Waals surface area contributed by atoms with E-state index in [1.54, 1.807) is 0 Å². The Balaban J connectivity index is 0.000000142. The van der Waals surface area contributed by atoms with Gasteiger partial charge in [-0.3, -0.25) is 0 Å². The first-order valence-corrected chi connectivity index (χ1v) is 21.2. The molecule has 312 valence electrons. The highest BCUT2D eigenvalue weighted by Crippen LogP contribution is 2.26. The number of para-hydroxylation sites is 6. The molecule has 63 heavy (non-hydrogen) atoms. The molecule has 0 aromatic heterocycles. The van der Waals surface area contributed by atoms with Gasteiger partial charge < -0.3 is 31.9 Å². The highest BCUT2D eigenvalue weighted by Gasteiger charge is 2.02. The van der Waals surface area contributed by atoms with Crippen LogP contribution in [0.3, 0.4) is 0 Å². The predicted molar refractivity (Wildman–Crippen MR) is 272 cm³/mol. The molecule has 0 aliphatic heterocycles. The minimum absolute atomic E-state index is 1.08. The fourth-order valence-corrected chi connectivity index (χ4v) is 6.58. The molecule has 0 saturated heterocycles. The Kier molecular flexibility index (Phi) is 15.2. The van der Waals surface area contributed by atoms with Gasteiger partial charge in [0.25, 0.3) is 0 Å². The van der Waals surface area contributed by atoms with Crippen LogP contribution in [0.4, 0.5) is 68.2 Å². The van der Waals surface area contributed by atoms with E-state index < -0.39 is 0 Å². The van der Waals surface area contributed by atoms with Crippen LogP contribution in [0.5, 0.6) is 0 Å². The normalized spacial score (nSPS) is 10.1. The summed E-state index contributed by atoms with van der Waals surface area (Å²) in [5.74, 6) is 0. The fraction of sp³-hybridized carbons (Fsp3) is 0.0526. The summed E-state index contributed by atoms with van der Waals surface area (Å²) in [4.78, 5) is 0. The summed E-state index contributed by atoms with van der Waals surface area (Å²) in [7, 11) is 0. The number of aryl methyl sites for hydroxylation is 3. The molecule has 9 aromatic rings. The van der Waals surface area contributed by atoms with Crippen LogP contribution >= 0.6 is 0 Å². The van der Waals surface area contributed by atoms with E-state index in [2.05, 4.69) is 210 Å². The van der Waals surface area contributed by atoms with Gasteiger partial charge in [-0.1, -0.05) is 109 Å². The lowest BCUT2D eigenvalue weighted by molar-refractivity contribution is 1.42. The molecule has 0 aliphatic carbocycles. The van der Waals surface area contributed by atoms with Crippen LogP contribution in [0.2, 0.25) is 0 Å². The van der Waals surface area contributed by atoms with Gasteiger partial charge in [0.1, 0.15) is 0 Å². The van der Waals surface area contributed by atoms with Crippen molar-refractivity contribution in [2.45, 2.75) is 20.8 Å². The van der Waals surface area contributed by atoms with Gasteiger partial charge >= 0.3 is 0 Å². The number of hydrogen-bond acceptors (Lipinski definition) is 6. The first-order valence-electron chi connectivity index (χ1n) is 21.2. The number of hydrogen-bond donors (Lipinski definition) is 6. The summed E-state index contributed by atoms with van der Waals surface area (Å²) >= 11 is 0. The molecule has 0 unspecified atom stereocenters. The lowest BCUT2D eigenvalue weighted by atomic mass is 10.2. The van der Waals surface area contributed by atoms with Crippen LogP contribution < -0.4 is 31.9 Å². The molecule has 0 spiro atoms. The Morgan fingerprint density at radius 3 is 0.571 bits per heavy atom. The van der Waals surface area contributed by atoms with E-state index in [-0.39, 0.29) is 0 Å². The lowest BCUT2D eigenvalue weighted by Gasteiger charge is -2.12. The topological polar surface area (TPSA) is 72.2 Å².